The molecule has 1 aromatic rings. The molecular weight excluding hydrogens is 344 g/mol. The number of nitrogens with one attached hydrogen (secondary N) is 3. The Hall–Kier alpha value is -1.67. The molecule has 1 aromatic carbocycles. The van der Waals surface area contributed by atoms with Gasteiger partial charge in [0.2, 0.25) is 11.8 Å². The number of amidine groups is 1. The molecule has 1 heterocycles. The zero-order valence-corrected chi connectivity index (χ0v) is 15.0. The number of carbonyl (C=O) groups is 2. The van der Waals surface area contributed by atoms with Crippen LogP contribution in [0.2, 0.25) is 0 Å². The van der Waals surface area contributed by atoms with Crippen molar-refractivity contribution in [1.29, 1.82) is 0 Å². The van der Waals surface area contributed by atoms with Gasteiger partial charge in [-0.1, -0.05) is 48.5 Å². The standard InChI is InChI=1S/C16H22N4O2S2/c21-13(9-5-2-6-10-17-14(22)11-23)18-16-20-19-15(24-16)12-7-3-1-4-8-12/h1,3-4,7-8,15,19,23H,2,5-6,9-11H2,(H,17,22)(H,18,20,21). The third kappa shape index (κ3) is 6.45. The van der Waals surface area contributed by atoms with Gasteiger partial charge in [0.05, 0.1) is 5.75 Å². The molecule has 0 aliphatic carbocycles. The number of amides is 2. The predicted molar refractivity (Wildman–Crippen MR) is 101 cm³/mol. The minimum atomic E-state index is -0.0622. The van der Waals surface area contributed by atoms with Crippen molar-refractivity contribution in [1.82, 2.24) is 16.1 Å². The summed E-state index contributed by atoms with van der Waals surface area (Å²) < 4.78 is 0. The minimum Gasteiger partial charge on any atom is -0.355 e. The van der Waals surface area contributed by atoms with Gasteiger partial charge in [0.1, 0.15) is 5.37 Å². The minimum absolute atomic E-state index is 0.0313. The van der Waals surface area contributed by atoms with Gasteiger partial charge in [0.25, 0.3) is 0 Å². The molecular formula is C16H22N4O2S2. The highest BCUT2D eigenvalue weighted by Crippen LogP contribution is 2.30. The van der Waals surface area contributed by atoms with Crippen molar-refractivity contribution in [3.8, 4) is 0 Å². The van der Waals surface area contributed by atoms with Crippen molar-refractivity contribution in [2.45, 2.75) is 31.1 Å². The van der Waals surface area contributed by atoms with E-state index < -0.39 is 0 Å². The van der Waals surface area contributed by atoms with E-state index in [-0.39, 0.29) is 22.9 Å². The fourth-order valence-electron chi connectivity index (χ4n) is 2.16. The van der Waals surface area contributed by atoms with Crippen LogP contribution in [0, 0.1) is 0 Å². The number of thiol groups is 1. The summed E-state index contributed by atoms with van der Waals surface area (Å²) in [5, 5.41) is 10.4. The van der Waals surface area contributed by atoms with Gasteiger partial charge in [0.15, 0.2) is 5.17 Å². The van der Waals surface area contributed by atoms with Gasteiger partial charge >= 0.3 is 0 Å². The highest BCUT2D eigenvalue weighted by atomic mass is 32.2. The van der Waals surface area contributed by atoms with Gasteiger partial charge in [-0.25, -0.2) is 0 Å². The van der Waals surface area contributed by atoms with Gasteiger partial charge in [-0.15, -0.1) is 0 Å². The highest BCUT2D eigenvalue weighted by molar-refractivity contribution is 8.14. The van der Waals surface area contributed by atoms with Crippen molar-refractivity contribution in [3.63, 3.8) is 0 Å². The summed E-state index contributed by atoms with van der Waals surface area (Å²) >= 11 is 5.38. The van der Waals surface area contributed by atoms with Crippen LogP contribution in [0.15, 0.2) is 35.4 Å². The Balaban J connectivity index is 1.57. The lowest BCUT2D eigenvalue weighted by Gasteiger charge is -2.08. The average Bonchev–Trinajstić information content (AvgIpc) is 3.07. The lowest BCUT2D eigenvalue weighted by atomic mass is 10.2. The Morgan fingerprint density at radius 1 is 1.17 bits per heavy atom. The molecule has 0 aromatic heterocycles. The topological polar surface area (TPSA) is 82.6 Å². The van der Waals surface area contributed by atoms with Crippen molar-refractivity contribution < 1.29 is 9.59 Å². The summed E-state index contributed by atoms with van der Waals surface area (Å²) in [6, 6.07) is 9.98. The van der Waals surface area contributed by atoms with E-state index in [1.54, 1.807) is 0 Å². The van der Waals surface area contributed by atoms with Gasteiger partial charge in [-0.3, -0.25) is 15.0 Å². The second kappa shape index (κ2) is 10.2. The molecule has 1 aliphatic rings. The summed E-state index contributed by atoms with van der Waals surface area (Å²) in [4.78, 5) is 22.9. The van der Waals surface area contributed by atoms with Crippen LogP contribution in [0.5, 0.6) is 0 Å². The second-order valence-electron chi connectivity index (χ2n) is 5.32. The number of rotatable bonds is 8. The van der Waals surface area contributed by atoms with Crippen LogP contribution in [0.25, 0.3) is 0 Å². The molecule has 1 atom stereocenters. The van der Waals surface area contributed by atoms with Crippen LogP contribution in [0.1, 0.15) is 36.6 Å². The van der Waals surface area contributed by atoms with E-state index in [0.717, 1.165) is 24.8 Å². The normalized spacial score (nSPS) is 16.2. The smallest absolute Gasteiger partial charge is 0.229 e. The van der Waals surface area contributed by atoms with Crippen LogP contribution in [-0.2, 0) is 9.59 Å². The van der Waals surface area contributed by atoms with E-state index in [2.05, 4.69) is 33.8 Å². The van der Waals surface area contributed by atoms with E-state index in [4.69, 9.17) is 0 Å². The number of nitrogens with zero attached hydrogens (tertiary/aromatic N) is 1. The summed E-state index contributed by atoms with van der Waals surface area (Å²) in [6.45, 7) is 0.631. The number of unbranched alkanes of at least 4 members (excludes halogenated alkanes) is 2. The fourth-order valence-corrected chi connectivity index (χ4v) is 3.17. The third-order valence-electron chi connectivity index (χ3n) is 3.41. The van der Waals surface area contributed by atoms with E-state index >= 15 is 0 Å². The summed E-state index contributed by atoms with van der Waals surface area (Å²) in [6.07, 6.45) is 3.00. The number of hydrazone groups is 1. The highest BCUT2D eigenvalue weighted by Gasteiger charge is 2.21. The van der Waals surface area contributed by atoms with Gasteiger partial charge in [-0.05, 0) is 18.4 Å². The Morgan fingerprint density at radius 2 is 1.96 bits per heavy atom. The quantitative estimate of drug-likeness (QED) is 0.419. The maximum Gasteiger partial charge on any atom is 0.229 e. The van der Waals surface area contributed by atoms with E-state index in [1.165, 1.54) is 11.8 Å². The van der Waals surface area contributed by atoms with E-state index in [0.29, 0.717) is 18.1 Å². The number of hydrogen-bond acceptors (Lipinski definition) is 6. The van der Waals surface area contributed by atoms with Crippen LogP contribution in [0.3, 0.4) is 0 Å². The van der Waals surface area contributed by atoms with Crippen molar-refractivity contribution >= 4 is 41.4 Å². The molecule has 3 N–H and O–H groups in total. The molecule has 0 saturated carbocycles. The van der Waals surface area contributed by atoms with Crippen LogP contribution < -0.4 is 16.1 Å². The summed E-state index contributed by atoms with van der Waals surface area (Å²) in [5.74, 6) is 0.115. The number of benzene rings is 1. The molecule has 0 bridgehead atoms. The molecule has 0 fully saturated rings. The molecule has 0 saturated heterocycles. The van der Waals surface area contributed by atoms with Crippen molar-refractivity contribution in [2.75, 3.05) is 12.3 Å². The number of thioether (sulfide) groups is 1. The number of hydrogen-bond donors (Lipinski definition) is 4. The van der Waals surface area contributed by atoms with Gasteiger partial charge < -0.3 is 10.6 Å². The summed E-state index contributed by atoms with van der Waals surface area (Å²) in [7, 11) is 0. The molecule has 0 spiro atoms. The maximum atomic E-state index is 11.9. The molecule has 8 heteroatoms. The Labute approximate surface area is 151 Å². The first-order chi connectivity index (χ1) is 11.7. The first-order valence-corrected chi connectivity index (χ1v) is 9.42. The monoisotopic (exact) mass is 366 g/mol. The summed E-state index contributed by atoms with van der Waals surface area (Å²) in [5.41, 5.74) is 4.14. The van der Waals surface area contributed by atoms with Crippen LogP contribution >= 0.6 is 24.4 Å². The van der Waals surface area contributed by atoms with E-state index in [9.17, 15) is 9.59 Å². The van der Waals surface area contributed by atoms with Crippen LogP contribution in [-0.4, -0.2) is 29.3 Å². The number of carbonyl (C=O) groups excluding carboxylic acids is 2. The fraction of sp³-hybridized carbons (Fsp3) is 0.438. The zero-order chi connectivity index (χ0) is 17.2. The maximum absolute atomic E-state index is 11.9. The molecule has 6 nitrogen and oxygen atoms in total. The predicted octanol–water partition coefficient (Wildman–Crippen LogP) is 2.02. The Morgan fingerprint density at radius 3 is 2.71 bits per heavy atom. The second-order valence-corrected chi connectivity index (χ2v) is 6.73. The zero-order valence-electron chi connectivity index (χ0n) is 13.3. The van der Waals surface area contributed by atoms with Crippen molar-refractivity contribution in [2.24, 2.45) is 5.10 Å². The largest absolute Gasteiger partial charge is 0.355 e. The molecule has 1 aliphatic heterocycles. The first-order valence-electron chi connectivity index (χ1n) is 7.91. The Bertz CT molecular complexity index is 581. The average molecular weight is 367 g/mol. The van der Waals surface area contributed by atoms with Gasteiger partial charge in [0, 0.05) is 13.0 Å². The lowest BCUT2D eigenvalue weighted by Crippen LogP contribution is -2.27. The van der Waals surface area contributed by atoms with Crippen molar-refractivity contribution in [3.05, 3.63) is 35.9 Å². The third-order valence-corrected chi connectivity index (χ3v) is 4.72. The van der Waals surface area contributed by atoms with Crippen LogP contribution in [0.4, 0.5) is 0 Å². The lowest BCUT2D eigenvalue weighted by molar-refractivity contribution is -0.120. The Kier molecular flexibility index (Phi) is 7.97. The molecule has 24 heavy (non-hydrogen) atoms. The molecule has 130 valence electrons. The van der Waals surface area contributed by atoms with Gasteiger partial charge in [-0.2, -0.15) is 17.7 Å². The van der Waals surface area contributed by atoms with E-state index in [1.807, 2.05) is 30.3 Å². The molecule has 2 amide bonds. The SMILES string of the molecule is O=C(CS)NCCCCCC(=O)NC1=NNC(c2ccccc2)S1. The molecule has 0 radical (unpaired) electrons. The first kappa shape index (κ1) is 18.7. The molecule has 2 rings (SSSR count). The molecule has 1 unspecified atom stereocenters.